The fraction of sp³-hybridized carbons (Fsp3) is 0.0500. The van der Waals surface area contributed by atoms with Gasteiger partial charge in [0.25, 0.3) is 0 Å². The molecule has 1 aromatic carbocycles. The van der Waals surface area contributed by atoms with E-state index in [4.69, 9.17) is 0 Å². The molecule has 22 heavy (non-hydrogen) atoms. The van der Waals surface area contributed by atoms with Crippen LogP contribution in [0.2, 0.25) is 0 Å². The van der Waals surface area contributed by atoms with Gasteiger partial charge in [0.05, 0.1) is 12.4 Å². The van der Waals surface area contributed by atoms with Gasteiger partial charge in [-0.05, 0) is 23.8 Å². The van der Waals surface area contributed by atoms with E-state index in [1.54, 1.807) is 12.2 Å². The molecular weight excluding hydrogens is 270 g/mol. The second kappa shape index (κ2) is 6.83. The van der Waals surface area contributed by atoms with Crippen molar-refractivity contribution in [3.63, 3.8) is 0 Å². The summed E-state index contributed by atoms with van der Waals surface area (Å²) in [6.07, 6.45) is 19.3. The second-order valence-electron chi connectivity index (χ2n) is 5.28. The summed E-state index contributed by atoms with van der Waals surface area (Å²) in [4.78, 5) is 12.9. The Labute approximate surface area is 130 Å². The van der Waals surface area contributed by atoms with Crippen LogP contribution >= 0.6 is 0 Å². The van der Waals surface area contributed by atoms with Gasteiger partial charge in [-0.3, -0.25) is 9.69 Å². The van der Waals surface area contributed by atoms with Crippen molar-refractivity contribution in [2.24, 2.45) is 0 Å². The first-order valence-electron chi connectivity index (χ1n) is 7.38. The highest BCUT2D eigenvalue weighted by Gasteiger charge is 2.07. The minimum atomic E-state index is 0.0550. The van der Waals surface area contributed by atoms with Crippen LogP contribution in [0.4, 0.5) is 0 Å². The van der Waals surface area contributed by atoms with Gasteiger partial charge in [-0.2, -0.15) is 0 Å². The van der Waals surface area contributed by atoms with Gasteiger partial charge in [0.15, 0.2) is 5.78 Å². The number of quaternary nitrogens is 1. The molecule has 0 radical (unpaired) electrons. The molecule has 0 saturated carbocycles. The van der Waals surface area contributed by atoms with Crippen LogP contribution in [-0.4, -0.2) is 5.78 Å². The lowest BCUT2D eigenvalue weighted by molar-refractivity contribution is -0.806. The Bertz CT molecular complexity index is 714. The lowest BCUT2D eigenvalue weighted by atomic mass is 10.0. The van der Waals surface area contributed by atoms with Crippen LogP contribution in [0.1, 0.15) is 5.56 Å². The largest absolute Gasteiger partial charge is 0.289 e. The Morgan fingerprint density at radius 3 is 2.32 bits per heavy atom. The van der Waals surface area contributed by atoms with Crippen molar-refractivity contribution >= 4 is 5.78 Å². The second-order valence-corrected chi connectivity index (χ2v) is 5.28. The Hall–Kier alpha value is -2.71. The Kier molecular flexibility index (Phi) is 4.42. The van der Waals surface area contributed by atoms with Crippen molar-refractivity contribution in [3.8, 4) is 0 Å². The molecule has 2 heteroatoms. The van der Waals surface area contributed by atoms with Gasteiger partial charge in [0.1, 0.15) is 6.54 Å². The van der Waals surface area contributed by atoms with Crippen LogP contribution in [-0.2, 0) is 11.3 Å². The molecule has 1 aliphatic heterocycles. The molecule has 0 fully saturated rings. The van der Waals surface area contributed by atoms with E-state index < -0.39 is 0 Å². The minimum absolute atomic E-state index is 0.0550. The van der Waals surface area contributed by atoms with E-state index in [9.17, 15) is 4.79 Å². The van der Waals surface area contributed by atoms with E-state index in [1.165, 1.54) is 10.5 Å². The number of allylic oxidation sites excluding steroid dienone is 10. The zero-order valence-corrected chi connectivity index (χ0v) is 12.3. The van der Waals surface area contributed by atoms with Gasteiger partial charge in [-0.1, -0.05) is 60.7 Å². The molecule has 1 aromatic rings. The number of nitrogens with one attached hydrogen (secondary N) is 1. The molecule has 3 rings (SSSR count). The van der Waals surface area contributed by atoms with E-state index >= 15 is 0 Å². The van der Waals surface area contributed by atoms with E-state index in [0.29, 0.717) is 0 Å². The Morgan fingerprint density at radius 1 is 0.864 bits per heavy atom. The van der Waals surface area contributed by atoms with Gasteiger partial charge in [0.2, 0.25) is 0 Å². The molecule has 0 amide bonds. The fourth-order valence-corrected chi connectivity index (χ4v) is 2.38. The number of ketones is 1. The summed E-state index contributed by atoms with van der Waals surface area (Å²) in [5, 5.41) is 0. The first kappa shape index (κ1) is 14.2. The summed E-state index contributed by atoms with van der Waals surface area (Å²) >= 11 is 0. The molecule has 0 unspecified atom stereocenters. The first-order chi connectivity index (χ1) is 10.8. The number of rotatable bonds is 3. The van der Waals surface area contributed by atoms with Crippen molar-refractivity contribution in [2.45, 2.75) is 6.54 Å². The molecule has 0 aromatic heterocycles. The third kappa shape index (κ3) is 3.68. The molecule has 0 bridgehead atoms. The SMILES string of the molecule is O=C1C=CC=CC1=CC=C1C=C[NH+](Cc2ccccc2)C=C1. The average Bonchev–Trinajstić information content (AvgIpc) is 2.56. The quantitative estimate of drug-likeness (QED) is 0.848. The summed E-state index contributed by atoms with van der Waals surface area (Å²) < 4.78 is 0. The number of carbonyl (C=O) groups excluding carboxylic acids is 1. The smallest absolute Gasteiger partial charge is 0.185 e. The maximum atomic E-state index is 11.6. The highest BCUT2D eigenvalue weighted by Crippen LogP contribution is 2.09. The highest BCUT2D eigenvalue weighted by atomic mass is 16.1. The third-order valence-electron chi connectivity index (χ3n) is 3.61. The normalized spacial score (nSPS) is 21.6. The monoisotopic (exact) mass is 288 g/mol. The standard InChI is InChI=1S/C20H17NO/c22-20-9-5-4-8-19(20)11-10-17-12-14-21(15-13-17)16-18-6-2-1-3-7-18/h1-15H,16H2/p+1. The average molecular weight is 288 g/mol. The maximum Gasteiger partial charge on any atom is 0.185 e. The summed E-state index contributed by atoms with van der Waals surface area (Å²) in [7, 11) is 0. The summed E-state index contributed by atoms with van der Waals surface area (Å²) in [6.45, 7) is 0.939. The summed E-state index contributed by atoms with van der Waals surface area (Å²) in [6, 6.07) is 10.4. The van der Waals surface area contributed by atoms with Crippen LogP contribution in [0.25, 0.3) is 0 Å². The lowest BCUT2D eigenvalue weighted by Crippen LogP contribution is -3.01. The predicted octanol–water partition coefficient (Wildman–Crippen LogP) is 2.66. The summed E-state index contributed by atoms with van der Waals surface area (Å²) in [5.41, 5.74) is 3.13. The van der Waals surface area contributed by atoms with Crippen LogP contribution in [0.5, 0.6) is 0 Å². The Balaban J connectivity index is 1.64. The van der Waals surface area contributed by atoms with Gasteiger partial charge in [0, 0.05) is 11.1 Å². The van der Waals surface area contributed by atoms with Crippen molar-refractivity contribution in [1.29, 1.82) is 0 Å². The number of hydrogen-bond donors (Lipinski definition) is 1. The van der Waals surface area contributed by atoms with Crippen molar-refractivity contribution in [1.82, 2.24) is 0 Å². The molecule has 1 heterocycles. The van der Waals surface area contributed by atoms with Crippen LogP contribution in [0.15, 0.2) is 102 Å². The molecule has 0 spiro atoms. The van der Waals surface area contributed by atoms with Crippen molar-refractivity contribution in [2.75, 3.05) is 0 Å². The first-order valence-corrected chi connectivity index (χ1v) is 7.38. The lowest BCUT2D eigenvalue weighted by Gasteiger charge is -2.12. The molecule has 1 N–H and O–H groups in total. The number of carbonyl (C=O) groups is 1. The number of benzene rings is 1. The Morgan fingerprint density at radius 2 is 1.59 bits per heavy atom. The highest BCUT2D eigenvalue weighted by molar-refractivity contribution is 6.07. The van der Waals surface area contributed by atoms with E-state index in [1.807, 2.05) is 30.4 Å². The molecule has 2 aliphatic rings. The van der Waals surface area contributed by atoms with Crippen LogP contribution in [0, 0.1) is 0 Å². The van der Waals surface area contributed by atoms with Gasteiger partial charge in [-0.15, -0.1) is 0 Å². The molecule has 2 nitrogen and oxygen atoms in total. The maximum absolute atomic E-state index is 11.6. The zero-order chi connectivity index (χ0) is 15.2. The van der Waals surface area contributed by atoms with Crippen LogP contribution < -0.4 is 4.90 Å². The summed E-state index contributed by atoms with van der Waals surface area (Å²) in [5.74, 6) is 0.0550. The van der Waals surface area contributed by atoms with E-state index in [2.05, 4.69) is 48.8 Å². The van der Waals surface area contributed by atoms with E-state index in [0.717, 1.165) is 17.7 Å². The van der Waals surface area contributed by atoms with Gasteiger partial charge < -0.3 is 0 Å². The fourth-order valence-electron chi connectivity index (χ4n) is 2.38. The topological polar surface area (TPSA) is 21.5 Å². The minimum Gasteiger partial charge on any atom is -0.289 e. The third-order valence-corrected chi connectivity index (χ3v) is 3.61. The van der Waals surface area contributed by atoms with Gasteiger partial charge >= 0.3 is 0 Å². The molecular formula is C20H18NO+. The van der Waals surface area contributed by atoms with Crippen molar-refractivity contribution in [3.05, 3.63) is 108 Å². The number of hydrogen-bond acceptors (Lipinski definition) is 1. The molecule has 108 valence electrons. The van der Waals surface area contributed by atoms with Gasteiger partial charge in [-0.25, -0.2) is 0 Å². The zero-order valence-electron chi connectivity index (χ0n) is 12.3. The van der Waals surface area contributed by atoms with Crippen molar-refractivity contribution < 1.29 is 9.69 Å². The molecule has 0 atom stereocenters. The van der Waals surface area contributed by atoms with E-state index in [-0.39, 0.29) is 5.78 Å². The molecule has 1 aliphatic carbocycles. The predicted molar refractivity (Wildman–Crippen MR) is 88.8 cm³/mol. The molecule has 0 saturated heterocycles. The van der Waals surface area contributed by atoms with Crippen LogP contribution in [0.3, 0.4) is 0 Å².